The zero-order valence-corrected chi connectivity index (χ0v) is 9.93. The number of aliphatic carboxylic acids is 1. The maximum Gasteiger partial charge on any atom is 0.328 e. The first-order valence-corrected chi connectivity index (χ1v) is 5.98. The molecule has 1 aliphatic rings. The Labute approximate surface area is 105 Å². The van der Waals surface area contributed by atoms with Gasteiger partial charge in [0.1, 0.15) is 11.6 Å². The Morgan fingerprint density at radius 3 is 2.72 bits per heavy atom. The molecule has 0 aliphatic heterocycles. The van der Waals surface area contributed by atoms with Gasteiger partial charge in [-0.1, -0.05) is 11.6 Å². The number of benzene rings is 1. The minimum absolute atomic E-state index is 0.0396. The van der Waals surface area contributed by atoms with E-state index < -0.39 is 5.97 Å². The highest BCUT2D eigenvalue weighted by atomic mass is 19.1. The minimum atomic E-state index is -0.894. The number of carbonyl (C=O) groups is 1. The third kappa shape index (κ3) is 3.58. The number of hydrogen-bond acceptors (Lipinski definition) is 2. The molecular weight excluding hydrogens is 235 g/mol. The molecular formula is C14H15FO3. The summed E-state index contributed by atoms with van der Waals surface area (Å²) in [6.07, 6.45) is 4.32. The van der Waals surface area contributed by atoms with Crippen molar-refractivity contribution in [1.82, 2.24) is 0 Å². The number of rotatable bonds is 3. The van der Waals surface area contributed by atoms with Gasteiger partial charge in [-0.15, -0.1) is 0 Å². The third-order valence-corrected chi connectivity index (χ3v) is 3.00. The van der Waals surface area contributed by atoms with Gasteiger partial charge < -0.3 is 9.84 Å². The second-order valence-electron chi connectivity index (χ2n) is 4.42. The van der Waals surface area contributed by atoms with Gasteiger partial charge in [-0.25, -0.2) is 9.18 Å². The summed E-state index contributed by atoms with van der Waals surface area (Å²) in [7, 11) is 0. The molecule has 0 saturated heterocycles. The molecule has 0 atom stereocenters. The molecule has 1 fully saturated rings. The Balaban J connectivity index is 1.89. The van der Waals surface area contributed by atoms with Crippen LogP contribution in [0.3, 0.4) is 0 Å². The van der Waals surface area contributed by atoms with Gasteiger partial charge in [-0.05, 0) is 37.8 Å². The average Bonchev–Trinajstić information content (AvgIpc) is 2.31. The van der Waals surface area contributed by atoms with Crippen LogP contribution in [0.1, 0.15) is 25.7 Å². The van der Waals surface area contributed by atoms with Gasteiger partial charge in [-0.2, -0.15) is 0 Å². The largest absolute Gasteiger partial charge is 0.490 e. The van der Waals surface area contributed by atoms with Crippen molar-refractivity contribution < 1.29 is 19.0 Å². The molecule has 0 amide bonds. The number of carboxylic acid groups (broad SMARTS) is 1. The molecule has 0 spiro atoms. The highest BCUT2D eigenvalue weighted by molar-refractivity contribution is 5.80. The van der Waals surface area contributed by atoms with Crippen LogP contribution >= 0.6 is 0 Å². The molecule has 0 bridgehead atoms. The van der Waals surface area contributed by atoms with E-state index in [9.17, 15) is 9.18 Å². The van der Waals surface area contributed by atoms with Crippen LogP contribution in [0.4, 0.5) is 4.39 Å². The van der Waals surface area contributed by atoms with E-state index in [4.69, 9.17) is 9.84 Å². The van der Waals surface area contributed by atoms with E-state index in [-0.39, 0.29) is 11.9 Å². The maximum absolute atomic E-state index is 13.0. The minimum Gasteiger partial charge on any atom is -0.490 e. The van der Waals surface area contributed by atoms with E-state index in [0.717, 1.165) is 31.3 Å². The number of hydrogen-bond donors (Lipinski definition) is 1. The van der Waals surface area contributed by atoms with Crippen LogP contribution in [0, 0.1) is 5.82 Å². The fourth-order valence-electron chi connectivity index (χ4n) is 2.13. The lowest BCUT2D eigenvalue weighted by atomic mass is 9.92. The van der Waals surface area contributed by atoms with Crippen LogP contribution in [0.15, 0.2) is 35.9 Å². The standard InChI is InChI=1S/C14H15FO3/c15-11-2-1-3-13(9-11)18-12-6-4-10(5-7-12)8-14(16)17/h1-3,8-9,12H,4-7H2,(H,16,17). The van der Waals surface area contributed by atoms with Crippen molar-refractivity contribution >= 4 is 5.97 Å². The molecule has 1 saturated carbocycles. The monoisotopic (exact) mass is 250 g/mol. The Kier molecular flexibility index (Phi) is 3.97. The lowest BCUT2D eigenvalue weighted by Gasteiger charge is -2.24. The van der Waals surface area contributed by atoms with Gasteiger partial charge >= 0.3 is 5.97 Å². The number of ether oxygens (including phenoxy) is 1. The molecule has 0 unspecified atom stereocenters. The fourth-order valence-corrected chi connectivity index (χ4v) is 2.13. The van der Waals surface area contributed by atoms with Gasteiger partial charge in [0.2, 0.25) is 0 Å². The van der Waals surface area contributed by atoms with Gasteiger partial charge in [0, 0.05) is 12.1 Å². The van der Waals surface area contributed by atoms with Crippen molar-refractivity contribution in [1.29, 1.82) is 0 Å². The van der Waals surface area contributed by atoms with E-state index in [1.807, 2.05) is 0 Å². The first-order chi connectivity index (χ1) is 8.63. The second kappa shape index (κ2) is 5.67. The molecule has 1 aliphatic carbocycles. The Morgan fingerprint density at radius 1 is 1.39 bits per heavy atom. The summed E-state index contributed by atoms with van der Waals surface area (Å²) in [5.41, 5.74) is 0.946. The van der Waals surface area contributed by atoms with Crippen LogP contribution in [-0.4, -0.2) is 17.2 Å². The molecule has 1 aromatic carbocycles. The molecule has 0 radical (unpaired) electrons. The van der Waals surface area contributed by atoms with Crippen molar-refractivity contribution in [3.05, 3.63) is 41.7 Å². The van der Waals surface area contributed by atoms with Gasteiger partial charge in [-0.3, -0.25) is 0 Å². The first-order valence-electron chi connectivity index (χ1n) is 5.98. The smallest absolute Gasteiger partial charge is 0.328 e. The van der Waals surface area contributed by atoms with Crippen molar-refractivity contribution in [3.63, 3.8) is 0 Å². The lowest BCUT2D eigenvalue weighted by molar-refractivity contribution is -0.131. The Hall–Kier alpha value is -1.84. The van der Waals surface area contributed by atoms with Crippen LogP contribution in [0.5, 0.6) is 5.75 Å². The first kappa shape index (κ1) is 12.6. The number of carboxylic acids is 1. The zero-order valence-electron chi connectivity index (χ0n) is 9.93. The molecule has 4 heteroatoms. The topological polar surface area (TPSA) is 46.5 Å². The SMILES string of the molecule is O=C(O)C=C1CCC(Oc2cccc(F)c2)CC1. The van der Waals surface area contributed by atoms with Gasteiger partial charge in [0.25, 0.3) is 0 Å². The summed E-state index contributed by atoms with van der Waals surface area (Å²) >= 11 is 0. The lowest BCUT2D eigenvalue weighted by Crippen LogP contribution is -2.21. The summed E-state index contributed by atoms with van der Waals surface area (Å²) in [5.74, 6) is -0.671. The Morgan fingerprint density at radius 2 is 2.11 bits per heavy atom. The third-order valence-electron chi connectivity index (χ3n) is 3.00. The summed E-state index contributed by atoms with van der Waals surface area (Å²) in [6.45, 7) is 0. The second-order valence-corrected chi connectivity index (χ2v) is 4.42. The highest BCUT2D eigenvalue weighted by Crippen LogP contribution is 2.27. The molecule has 2 rings (SSSR count). The normalized spacial score (nSPS) is 19.4. The molecule has 1 aromatic rings. The predicted molar refractivity (Wildman–Crippen MR) is 65.0 cm³/mol. The summed E-state index contributed by atoms with van der Waals surface area (Å²) in [6, 6.07) is 6.08. The fraction of sp³-hybridized carbons (Fsp3) is 0.357. The highest BCUT2D eigenvalue weighted by Gasteiger charge is 2.18. The molecule has 1 N–H and O–H groups in total. The van der Waals surface area contributed by atoms with Crippen LogP contribution in [-0.2, 0) is 4.79 Å². The maximum atomic E-state index is 13.0. The van der Waals surface area contributed by atoms with Gasteiger partial charge in [0.05, 0.1) is 6.10 Å². The molecule has 3 nitrogen and oxygen atoms in total. The number of allylic oxidation sites excluding steroid dienone is 1. The van der Waals surface area contributed by atoms with Crippen LogP contribution in [0.25, 0.3) is 0 Å². The van der Waals surface area contributed by atoms with Crippen molar-refractivity contribution in [2.75, 3.05) is 0 Å². The quantitative estimate of drug-likeness (QED) is 0.838. The summed E-state index contributed by atoms with van der Waals surface area (Å²) < 4.78 is 18.6. The van der Waals surface area contributed by atoms with Crippen molar-refractivity contribution in [2.45, 2.75) is 31.8 Å². The molecule has 0 heterocycles. The van der Waals surface area contributed by atoms with E-state index in [1.165, 1.54) is 18.2 Å². The summed E-state index contributed by atoms with van der Waals surface area (Å²) in [5, 5.41) is 8.65. The zero-order chi connectivity index (χ0) is 13.0. The van der Waals surface area contributed by atoms with E-state index in [0.29, 0.717) is 5.75 Å². The summed E-state index contributed by atoms with van der Waals surface area (Å²) in [4.78, 5) is 10.5. The number of halogens is 1. The average molecular weight is 250 g/mol. The molecule has 0 aromatic heterocycles. The van der Waals surface area contributed by atoms with Crippen molar-refractivity contribution in [2.24, 2.45) is 0 Å². The van der Waals surface area contributed by atoms with E-state index in [1.54, 1.807) is 12.1 Å². The molecule has 18 heavy (non-hydrogen) atoms. The molecule has 96 valence electrons. The van der Waals surface area contributed by atoms with Crippen molar-refractivity contribution in [3.8, 4) is 5.75 Å². The van der Waals surface area contributed by atoms with Crippen LogP contribution < -0.4 is 4.74 Å². The Bertz CT molecular complexity index is 458. The predicted octanol–water partition coefficient (Wildman–Crippen LogP) is 3.16. The van der Waals surface area contributed by atoms with E-state index in [2.05, 4.69) is 0 Å². The van der Waals surface area contributed by atoms with Gasteiger partial charge in [0.15, 0.2) is 0 Å². The van der Waals surface area contributed by atoms with Crippen LogP contribution in [0.2, 0.25) is 0 Å². The van der Waals surface area contributed by atoms with E-state index >= 15 is 0 Å².